The quantitative estimate of drug-likeness (QED) is 0.876. The number of hydrogen-bond donors (Lipinski definition) is 1. The van der Waals surface area contributed by atoms with Gasteiger partial charge in [-0.1, -0.05) is 6.92 Å². The minimum absolute atomic E-state index is 0.0801. The van der Waals surface area contributed by atoms with E-state index in [1.807, 2.05) is 10.9 Å². The Morgan fingerprint density at radius 3 is 2.78 bits per heavy atom. The predicted molar refractivity (Wildman–Crippen MR) is 77.3 cm³/mol. The summed E-state index contributed by atoms with van der Waals surface area (Å²) in [5.41, 5.74) is 7.58. The van der Waals surface area contributed by atoms with Crippen molar-refractivity contribution in [1.82, 2.24) is 14.7 Å². The third kappa shape index (κ3) is 3.13. The zero-order valence-electron chi connectivity index (χ0n) is 11.4. The van der Waals surface area contributed by atoms with Gasteiger partial charge in [0.15, 0.2) is 0 Å². The lowest BCUT2D eigenvalue weighted by Gasteiger charge is -2.22. The van der Waals surface area contributed by atoms with Crippen LogP contribution in [0.5, 0.6) is 0 Å². The van der Waals surface area contributed by atoms with Gasteiger partial charge >= 0.3 is 0 Å². The van der Waals surface area contributed by atoms with Crippen molar-refractivity contribution in [2.24, 2.45) is 17.6 Å². The van der Waals surface area contributed by atoms with Gasteiger partial charge in [-0.2, -0.15) is 5.10 Å². The molecule has 0 radical (unpaired) electrons. The van der Waals surface area contributed by atoms with Crippen LogP contribution in [0, 0.1) is 11.8 Å². The summed E-state index contributed by atoms with van der Waals surface area (Å²) in [4.78, 5) is 2.16. The van der Waals surface area contributed by atoms with E-state index in [-0.39, 0.29) is 6.04 Å². The van der Waals surface area contributed by atoms with Crippen molar-refractivity contribution in [3.05, 3.63) is 16.4 Å². The highest BCUT2D eigenvalue weighted by Crippen LogP contribution is 2.42. The first-order chi connectivity index (χ1) is 8.50. The molecule has 102 valence electrons. The van der Waals surface area contributed by atoms with Crippen LogP contribution in [0.4, 0.5) is 0 Å². The van der Waals surface area contributed by atoms with Crippen LogP contribution in [0.15, 0.2) is 10.7 Å². The molecule has 1 aromatic heterocycles. The Hall–Kier alpha value is -0.390. The molecule has 1 aromatic rings. The fourth-order valence-corrected chi connectivity index (χ4v) is 2.90. The standard InChI is InChI=1S/C13H23BrN4/c1-9(10-4-5-10)12(15)13-11(14)8-16-18(13)7-6-17(2)3/h8-10,12H,4-7,15H2,1-3H3. The molecule has 0 saturated heterocycles. The van der Waals surface area contributed by atoms with E-state index in [0.717, 1.165) is 29.2 Å². The molecular formula is C13H23BrN4. The van der Waals surface area contributed by atoms with Gasteiger partial charge in [-0.3, -0.25) is 4.68 Å². The van der Waals surface area contributed by atoms with Crippen molar-refractivity contribution >= 4 is 15.9 Å². The van der Waals surface area contributed by atoms with E-state index in [4.69, 9.17) is 5.73 Å². The Labute approximate surface area is 118 Å². The van der Waals surface area contributed by atoms with Gasteiger partial charge in [-0.15, -0.1) is 0 Å². The van der Waals surface area contributed by atoms with Crippen molar-refractivity contribution in [2.75, 3.05) is 20.6 Å². The molecule has 0 amide bonds. The number of hydrogen-bond acceptors (Lipinski definition) is 3. The second-order valence-corrected chi connectivity index (χ2v) is 6.48. The van der Waals surface area contributed by atoms with Gasteiger partial charge in [0.25, 0.3) is 0 Å². The summed E-state index contributed by atoms with van der Waals surface area (Å²) in [7, 11) is 4.15. The van der Waals surface area contributed by atoms with Gasteiger partial charge in [-0.05, 0) is 54.7 Å². The van der Waals surface area contributed by atoms with Crippen LogP contribution in [0.3, 0.4) is 0 Å². The Kier molecular flexibility index (Phi) is 4.45. The summed E-state index contributed by atoms with van der Waals surface area (Å²) in [6.07, 6.45) is 4.53. The van der Waals surface area contributed by atoms with Crippen LogP contribution in [0.25, 0.3) is 0 Å². The minimum Gasteiger partial charge on any atom is -0.322 e. The van der Waals surface area contributed by atoms with Crippen LogP contribution < -0.4 is 5.73 Å². The molecule has 1 aliphatic carbocycles. The largest absolute Gasteiger partial charge is 0.322 e. The normalized spacial score (nSPS) is 19.2. The SMILES string of the molecule is CC(C1CC1)C(N)c1c(Br)cnn1CCN(C)C. The highest BCUT2D eigenvalue weighted by Gasteiger charge is 2.34. The zero-order chi connectivity index (χ0) is 13.3. The molecule has 0 spiro atoms. The van der Waals surface area contributed by atoms with Crippen LogP contribution in [0.2, 0.25) is 0 Å². The molecule has 1 saturated carbocycles. The van der Waals surface area contributed by atoms with Gasteiger partial charge in [0, 0.05) is 6.54 Å². The summed E-state index contributed by atoms with van der Waals surface area (Å²) >= 11 is 3.59. The molecule has 2 unspecified atom stereocenters. The number of aromatic nitrogens is 2. The number of likely N-dealkylation sites (N-methyl/N-ethyl adjacent to an activating group) is 1. The second kappa shape index (κ2) is 5.72. The molecule has 4 nitrogen and oxygen atoms in total. The highest BCUT2D eigenvalue weighted by molar-refractivity contribution is 9.10. The van der Waals surface area contributed by atoms with Crippen LogP contribution in [-0.2, 0) is 6.54 Å². The van der Waals surface area contributed by atoms with E-state index in [1.54, 1.807) is 0 Å². The van der Waals surface area contributed by atoms with Crippen LogP contribution in [-0.4, -0.2) is 35.3 Å². The minimum atomic E-state index is 0.0801. The van der Waals surface area contributed by atoms with Crippen molar-refractivity contribution in [2.45, 2.75) is 32.4 Å². The number of nitrogens with zero attached hydrogens (tertiary/aromatic N) is 3. The molecule has 1 aliphatic rings. The molecule has 0 aliphatic heterocycles. The molecule has 18 heavy (non-hydrogen) atoms. The zero-order valence-corrected chi connectivity index (χ0v) is 13.0. The van der Waals surface area contributed by atoms with Crippen molar-refractivity contribution < 1.29 is 0 Å². The molecule has 1 heterocycles. The lowest BCUT2D eigenvalue weighted by Crippen LogP contribution is -2.27. The van der Waals surface area contributed by atoms with E-state index >= 15 is 0 Å². The van der Waals surface area contributed by atoms with Gasteiger partial charge in [0.2, 0.25) is 0 Å². The summed E-state index contributed by atoms with van der Waals surface area (Å²) in [5, 5.41) is 4.43. The Morgan fingerprint density at radius 2 is 2.22 bits per heavy atom. The van der Waals surface area contributed by atoms with E-state index < -0.39 is 0 Å². The Bertz CT molecular complexity index is 398. The van der Waals surface area contributed by atoms with Gasteiger partial charge < -0.3 is 10.6 Å². The first-order valence-electron chi connectivity index (χ1n) is 6.62. The molecule has 2 N–H and O–H groups in total. The number of halogens is 1. The monoisotopic (exact) mass is 314 g/mol. The Balaban J connectivity index is 2.11. The smallest absolute Gasteiger partial charge is 0.0696 e. The third-order valence-electron chi connectivity index (χ3n) is 3.84. The lowest BCUT2D eigenvalue weighted by atomic mass is 9.95. The first-order valence-corrected chi connectivity index (χ1v) is 7.41. The molecule has 0 aromatic carbocycles. The molecule has 0 bridgehead atoms. The van der Waals surface area contributed by atoms with Crippen LogP contribution >= 0.6 is 15.9 Å². The summed E-state index contributed by atoms with van der Waals surface area (Å²) < 4.78 is 3.09. The number of rotatable bonds is 6. The molecule has 5 heteroatoms. The van der Waals surface area contributed by atoms with Gasteiger partial charge in [0.05, 0.1) is 29.0 Å². The molecule has 1 fully saturated rings. The summed E-state index contributed by atoms with van der Waals surface area (Å²) in [6.45, 7) is 4.13. The average molecular weight is 315 g/mol. The molecular weight excluding hydrogens is 292 g/mol. The van der Waals surface area contributed by atoms with Gasteiger partial charge in [0.1, 0.15) is 0 Å². The van der Waals surface area contributed by atoms with E-state index in [0.29, 0.717) is 5.92 Å². The van der Waals surface area contributed by atoms with Crippen molar-refractivity contribution in [3.8, 4) is 0 Å². The summed E-state index contributed by atoms with van der Waals surface area (Å²) in [5.74, 6) is 1.35. The number of nitrogens with two attached hydrogens (primary N) is 1. The maximum atomic E-state index is 6.43. The maximum absolute atomic E-state index is 6.43. The van der Waals surface area contributed by atoms with E-state index in [1.165, 1.54) is 12.8 Å². The van der Waals surface area contributed by atoms with Crippen molar-refractivity contribution in [3.63, 3.8) is 0 Å². The second-order valence-electron chi connectivity index (χ2n) is 5.63. The van der Waals surface area contributed by atoms with Gasteiger partial charge in [-0.25, -0.2) is 0 Å². The van der Waals surface area contributed by atoms with E-state index in [9.17, 15) is 0 Å². The lowest BCUT2D eigenvalue weighted by molar-refractivity contribution is 0.349. The Morgan fingerprint density at radius 1 is 1.56 bits per heavy atom. The maximum Gasteiger partial charge on any atom is 0.0696 e. The average Bonchev–Trinajstić information content (AvgIpc) is 3.09. The predicted octanol–water partition coefficient (Wildman–Crippen LogP) is 2.25. The molecule has 2 rings (SSSR count). The third-order valence-corrected chi connectivity index (χ3v) is 4.45. The van der Waals surface area contributed by atoms with Crippen molar-refractivity contribution in [1.29, 1.82) is 0 Å². The van der Waals surface area contributed by atoms with E-state index in [2.05, 4.69) is 46.9 Å². The summed E-state index contributed by atoms with van der Waals surface area (Å²) in [6, 6.07) is 0.0801. The fourth-order valence-electron chi connectivity index (χ4n) is 2.34. The molecule has 2 atom stereocenters. The van der Waals surface area contributed by atoms with Crippen LogP contribution in [0.1, 0.15) is 31.5 Å². The highest BCUT2D eigenvalue weighted by atomic mass is 79.9. The topological polar surface area (TPSA) is 47.1 Å². The fraction of sp³-hybridized carbons (Fsp3) is 0.769. The first kappa shape index (κ1) is 14.0.